The first-order chi connectivity index (χ1) is 14.4. The highest BCUT2D eigenvalue weighted by Crippen LogP contribution is 2.66. The minimum absolute atomic E-state index is 0.00498. The minimum Gasteiger partial charge on any atom is -0.636 e. The zero-order chi connectivity index (χ0) is 22.9. The lowest BCUT2D eigenvalue weighted by molar-refractivity contribution is -0.197. The van der Waals surface area contributed by atoms with Gasteiger partial charge in [0.1, 0.15) is 0 Å². The lowest BCUT2D eigenvalue weighted by Gasteiger charge is -2.45. The number of rotatable bonds is 7. The molecule has 0 aromatic heterocycles. The molecule has 1 aromatic carbocycles. The Morgan fingerprint density at radius 1 is 1.00 bits per heavy atom. The first kappa shape index (κ1) is 24.9. The number of benzene rings is 1. The van der Waals surface area contributed by atoms with Crippen molar-refractivity contribution < 1.29 is 4.89 Å². The highest BCUT2D eigenvalue weighted by molar-refractivity contribution is 7.62. The maximum absolute atomic E-state index is 15.2. The summed E-state index contributed by atoms with van der Waals surface area (Å²) in [6.07, 6.45) is 7.47. The molecule has 1 heterocycles. The third-order valence-corrected chi connectivity index (χ3v) is 9.27. The Balaban J connectivity index is 2.04. The monoisotopic (exact) mass is 445 g/mol. The first-order valence-corrected chi connectivity index (χ1v) is 13.6. The zero-order valence-electron chi connectivity index (χ0n) is 20.6. The molecule has 5 heteroatoms. The molecule has 1 aliphatic carbocycles. The van der Waals surface area contributed by atoms with Gasteiger partial charge in [0.15, 0.2) is 7.94 Å². The van der Waals surface area contributed by atoms with E-state index in [4.69, 9.17) is 0 Å². The summed E-state index contributed by atoms with van der Waals surface area (Å²) in [6, 6.07) is 11.2. The van der Waals surface area contributed by atoms with Crippen LogP contribution in [0.3, 0.4) is 0 Å². The molecule has 1 N–H and O–H groups in total. The van der Waals surface area contributed by atoms with Gasteiger partial charge >= 0.3 is 0 Å². The van der Waals surface area contributed by atoms with Crippen molar-refractivity contribution in [3.05, 3.63) is 48.6 Å². The van der Waals surface area contributed by atoms with Crippen LogP contribution in [0.25, 0.3) is 0 Å². The maximum atomic E-state index is 15.2. The molecule has 1 aromatic rings. The summed E-state index contributed by atoms with van der Waals surface area (Å²) in [6.45, 7) is 19.3. The van der Waals surface area contributed by atoms with Crippen LogP contribution in [0.4, 0.5) is 0 Å². The topological polar surface area (TPSA) is 41.6 Å². The van der Waals surface area contributed by atoms with Crippen LogP contribution in [0.2, 0.25) is 0 Å². The second-order valence-corrected chi connectivity index (χ2v) is 14.3. The quantitative estimate of drug-likeness (QED) is 0.416. The van der Waals surface area contributed by atoms with Crippen molar-refractivity contribution in [3.8, 4) is 0 Å². The molecule has 1 saturated heterocycles. The van der Waals surface area contributed by atoms with Crippen molar-refractivity contribution in [2.75, 3.05) is 13.1 Å². The predicted octanol–water partition coefficient (Wildman–Crippen LogP) is 5.95. The lowest BCUT2D eigenvalue weighted by atomic mass is 9.87. The van der Waals surface area contributed by atoms with E-state index < -0.39 is 7.94 Å². The fourth-order valence-electron chi connectivity index (χ4n) is 5.20. The van der Waals surface area contributed by atoms with Gasteiger partial charge in [0, 0.05) is 13.1 Å². The summed E-state index contributed by atoms with van der Waals surface area (Å²) < 4.78 is 4.78. The summed E-state index contributed by atoms with van der Waals surface area (Å²) in [5, 5.41) is 3.75. The number of nitrogens with zero attached hydrogens (tertiary/aromatic N) is 2. The molecule has 174 valence electrons. The van der Waals surface area contributed by atoms with E-state index in [-0.39, 0.29) is 16.9 Å². The Morgan fingerprint density at radius 2 is 1.48 bits per heavy atom. The second-order valence-electron chi connectivity index (χ2n) is 11.9. The van der Waals surface area contributed by atoms with Gasteiger partial charge in [-0.05, 0) is 35.7 Å². The number of hydrogen-bond acceptors (Lipinski definition) is 4. The maximum Gasteiger partial charge on any atom is 0.184 e. The highest BCUT2D eigenvalue weighted by atomic mass is 31.2. The van der Waals surface area contributed by atoms with Crippen LogP contribution in [0.15, 0.2) is 43.0 Å². The fourth-order valence-corrected chi connectivity index (χ4v) is 9.03. The van der Waals surface area contributed by atoms with E-state index in [2.05, 4.69) is 86.8 Å². The number of hydrogen-bond donors (Lipinski definition) is 1. The molecule has 0 unspecified atom stereocenters. The molecule has 1 saturated carbocycles. The summed E-state index contributed by atoms with van der Waals surface area (Å²) >= 11 is 0. The third-order valence-electron chi connectivity index (χ3n) is 6.36. The van der Waals surface area contributed by atoms with Gasteiger partial charge in [-0.2, -0.15) is 5.09 Å². The zero-order valence-corrected chi connectivity index (χ0v) is 21.5. The molecule has 0 spiro atoms. The smallest absolute Gasteiger partial charge is 0.184 e. The summed E-state index contributed by atoms with van der Waals surface area (Å²) in [4.78, 5) is 15.2. The van der Waals surface area contributed by atoms with E-state index in [1.165, 1.54) is 18.4 Å². The normalized spacial score (nSPS) is 25.9. The van der Waals surface area contributed by atoms with Crippen molar-refractivity contribution in [2.24, 2.45) is 10.8 Å². The molecule has 0 amide bonds. The molecule has 31 heavy (non-hydrogen) atoms. The Hall–Kier alpha value is -0.770. The van der Waals surface area contributed by atoms with Gasteiger partial charge in [-0.3, -0.25) is 0 Å². The second kappa shape index (κ2) is 9.61. The van der Waals surface area contributed by atoms with Gasteiger partial charge in [-0.1, -0.05) is 90.8 Å². The van der Waals surface area contributed by atoms with Crippen LogP contribution in [0, 0.1) is 10.8 Å². The van der Waals surface area contributed by atoms with Gasteiger partial charge < -0.3 is 4.89 Å². The van der Waals surface area contributed by atoms with E-state index in [9.17, 15) is 0 Å². The van der Waals surface area contributed by atoms with Crippen LogP contribution >= 0.6 is 7.94 Å². The average Bonchev–Trinajstić information content (AvgIpc) is 2.89. The fraction of sp³-hybridized carbons (Fsp3) is 0.692. The van der Waals surface area contributed by atoms with Gasteiger partial charge in [-0.25, -0.2) is 0 Å². The lowest BCUT2D eigenvalue weighted by Crippen LogP contribution is -2.48. The molecule has 2 fully saturated rings. The van der Waals surface area contributed by atoms with Gasteiger partial charge in [0.05, 0.1) is 18.1 Å². The van der Waals surface area contributed by atoms with Gasteiger partial charge in [-0.15, -0.1) is 15.9 Å². The van der Waals surface area contributed by atoms with E-state index in [0.29, 0.717) is 12.1 Å². The minimum atomic E-state index is -2.97. The molecule has 3 atom stereocenters. The van der Waals surface area contributed by atoms with E-state index >= 15 is 4.89 Å². The SMILES string of the molecule is C=CC[C@@H](N[P+]1([O-])N(CC(C)(C)C)[C@@H]2CCCC[C@H]2N1CC(C)(C)C)c1ccccc1. The van der Waals surface area contributed by atoms with Gasteiger partial charge in [0.25, 0.3) is 0 Å². The molecule has 0 radical (unpaired) electrons. The summed E-state index contributed by atoms with van der Waals surface area (Å²) in [7, 11) is -2.97. The van der Waals surface area contributed by atoms with Crippen molar-refractivity contribution in [2.45, 2.75) is 91.8 Å². The largest absolute Gasteiger partial charge is 0.636 e. The molecule has 4 nitrogen and oxygen atoms in total. The van der Waals surface area contributed by atoms with Crippen molar-refractivity contribution in [1.29, 1.82) is 0 Å². The highest BCUT2D eigenvalue weighted by Gasteiger charge is 2.60. The van der Waals surface area contributed by atoms with E-state index in [0.717, 1.165) is 32.4 Å². The summed E-state index contributed by atoms with van der Waals surface area (Å²) in [5.41, 5.74) is 1.34. The Kier molecular flexibility index (Phi) is 7.71. The third kappa shape index (κ3) is 5.97. The van der Waals surface area contributed by atoms with E-state index in [1.54, 1.807) is 0 Å². The Morgan fingerprint density at radius 3 is 1.90 bits per heavy atom. The number of nitrogens with one attached hydrogen (secondary N) is 1. The van der Waals surface area contributed by atoms with Crippen LogP contribution < -0.4 is 9.98 Å². The van der Waals surface area contributed by atoms with Crippen molar-refractivity contribution >= 4 is 7.94 Å². The molecule has 2 aliphatic rings. The Bertz CT molecular complexity index is 692. The first-order valence-electron chi connectivity index (χ1n) is 12.0. The summed E-state index contributed by atoms with van der Waals surface area (Å²) in [5.74, 6) is 0. The Labute approximate surface area is 191 Å². The van der Waals surface area contributed by atoms with Crippen LogP contribution in [-0.2, 0) is 0 Å². The molecule has 3 rings (SSSR count). The molecule has 1 aliphatic heterocycles. The average molecular weight is 446 g/mol. The van der Waals surface area contributed by atoms with Gasteiger partial charge in [0.2, 0.25) is 0 Å². The van der Waals surface area contributed by atoms with Crippen LogP contribution in [-0.4, -0.2) is 34.5 Å². The van der Waals surface area contributed by atoms with Crippen molar-refractivity contribution in [3.63, 3.8) is 0 Å². The molecular weight excluding hydrogens is 401 g/mol. The molecule has 0 bridgehead atoms. The predicted molar refractivity (Wildman–Crippen MR) is 132 cm³/mol. The van der Waals surface area contributed by atoms with Crippen LogP contribution in [0.5, 0.6) is 0 Å². The van der Waals surface area contributed by atoms with Crippen LogP contribution in [0.1, 0.15) is 85.3 Å². The number of fused-ring (bicyclic) bond motifs is 1. The molecular formula is C26H44N3OP. The van der Waals surface area contributed by atoms with Crippen molar-refractivity contribution in [1.82, 2.24) is 14.4 Å². The van der Waals surface area contributed by atoms with E-state index in [1.807, 2.05) is 12.1 Å². The standard InChI is InChI=1S/C26H44N3OP/c1-8-14-22(21-15-10-9-11-16-21)27-31(30)28(19-25(2,3)4)23-17-12-13-18-24(23)29(31)20-26(5,6)7/h8-11,15-16,22-24H,1,12-14,17-20H2,2-7H3,(H,27,30)/t22-,23-,24-/m1/s1.